The maximum absolute atomic E-state index is 12.5. The second kappa shape index (κ2) is 6.36. The van der Waals surface area contributed by atoms with E-state index in [1.165, 1.54) is 17.3 Å². The van der Waals surface area contributed by atoms with Crippen LogP contribution in [0.15, 0.2) is 11.1 Å². The molecule has 20 heavy (non-hydrogen) atoms. The maximum Gasteiger partial charge on any atom is 0.246 e. The van der Waals surface area contributed by atoms with Gasteiger partial charge in [-0.2, -0.15) is 16.9 Å². The molecule has 1 heterocycles. The van der Waals surface area contributed by atoms with Crippen LogP contribution in [0.2, 0.25) is 0 Å². The van der Waals surface area contributed by atoms with E-state index in [9.17, 15) is 8.42 Å². The van der Waals surface area contributed by atoms with Gasteiger partial charge in [0.15, 0.2) is 5.82 Å². The molecule has 8 heteroatoms. The Kier molecular flexibility index (Phi) is 4.98. The fourth-order valence-corrected chi connectivity index (χ4v) is 4.97. The van der Waals surface area contributed by atoms with Crippen LogP contribution in [0.3, 0.4) is 0 Å². The van der Waals surface area contributed by atoms with E-state index in [1.54, 1.807) is 11.8 Å². The summed E-state index contributed by atoms with van der Waals surface area (Å²) >= 11 is 1.72. The minimum atomic E-state index is -3.59. The van der Waals surface area contributed by atoms with Crippen molar-refractivity contribution < 1.29 is 8.42 Å². The second-order valence-electron chi connectivity index (χ2n) is 5.02. The molecule has 114 valence electrons. The molecule has 0 aliphatic heterocycles. The molecule has 0 aromatic carbocycles. The number of hydrogen-bond donors (Lipinski definition) is 2. The first-order valence-electron chi connectivity index (χ1n) is 6.86. The first kappa shape index (κ1) is 15.7. The Morgan fingerprint density at radius 2 is 2.20 bits per heavy atom. The Bertz CT molecular complexity index is 556. The van der Waals surface area contributed by atoms with Gasteiger partial charge >= 0.3 is 0 Å². The van der Waals surface area contributed by atoms with Gasteiger partial charge in [-0.25, -0.2) is 13.1 Å². The van der Waals surface area contributed by atoms with Crippen LogP contribution in [0.4, 0.5) is 5.82 Å². The van der Waals surface area contributed by atoms with Gasteiger partial charge in [0.25, 0.3) is 0 Å². The zero-order valence-corrected chi connectivity index (χ0v) is 13.5. The minimum Gasteiger partial charge on any atom is -0.381 e. The van der Waals surface area contributed by atoms with Gasteiger partial charge < -0.3 is 5.73 Å². The third-order valence-electron chi connectivity index (χ3n) is 3.68. The molecule has 0 amide bonds. The largest absolute Gasteiger partial charge is 0.381 e. The number of thioether (sulfide) groups is 1. The molecule has 0 bridgehead atoms. The van der Waals surface area contributed by atoms with Crippen LogP contribution in [-0.4, -0.2) is 35.7 Å². The van der Waals surface area contributed by atoms with E-state index in [-0.39, 0.29) is 16.8 Å². The van der Waals surface area contributed by atoms with E-state index in [1.807, 2.05) is 13.2 Å². The van der Waals surface area contributed by atoms with E-state index in [0.29, 0.717) is 11.8 Å². The lowest BCUT2D eigenvalue weighted by molar-refractivity contribution is 0.423. The Morgan fingerprint density at radius 3 is 2.80 bits per heavy atom. The van der Waals surface area contributed by atoms with Crippen LogP contribution in [0.5, 0.6) is 0 Å². The van der Waals surface area contributed by atoms with Crippen LogP contribution >= 0.6 is 11.8 Å². The van der Waals surface area contributed by atoms with Gasteiger partial charge in [-0.15, -0.1) is 0 Å². The summed E-state index contributed by atoms with van der Waals surface area (Å²) in [6.07, 6.45) is 7.69. The Labute approximate surface area is 124 Å². The SMILES string of the molecule is CCn1cc(S(=O)(=O)NC2CCCCC2SC)c(N)n1. The zero-order valence-electron chi connectivity index (χ0n) is 11.9. The summed E-state index contributed by atoms with van der Waals surface area (Å²) in [5.74, 6) is 0.0656. The molecule has 0 spiro atoms. The molecule has 2 rings (SSSR count). The fraction of sp³-hybridized carbons (Fsp3) is 0.750. The molecule has 2 atom stereocenters. The number of nitrogens with one attached hydrogen (secondary N) is 1. The van der Waals surface area contributed by atoms with Crippen molar-refractivity contribution in [1.82, 2.24) is 14.5 Å². The van der Waals surface area contributed by atoms with Crippen molar-refractivity contribution in [3.05, 3.63) is 6.20 Å². The molecule has 3 N–H and O–H groups in total. The number of nitrogens with two attached hydrogens (primary N) is 1. The van der Waals surface area contributed by atoms with Gasteiger partial charge in [-0.1, -0.05) is 12.8 Å². The van der Waals surface area contributed by atoms with Gasteiger partial charge in [0.05, 0.1) is 0 Å². The van der Waals surface area contributed by atoms with Crippen molar-refractivity contribution in [3.63, 3.8) is 0 Å². The number of anilines is 1. The summed E-state index contributed by atoms with van der Waals surface area (Å²) in [6.45, 7) is 2.48. The van der Waals surface area contributed by atoms with Crippen molar-refractivity contribution >= 4 is 27.6 Å². The predicted molar refractivity (Wildman–Crippen MR) is 82.2 cm³/mol. The third kappa shape index (κ3) is 3.29. The van der Waals surface area contributed by atoms with Crippen molar-refractivity contribution in [2.75, 3.05) is 12.0 Å². The molecule has 1 aliphatic carbocycles. The number of rotatable bonds is 5. The highest BCUT2D eigenvalue weighted by Crippen LogP contribution is 2.28. The van der Waals surface area contributed by atoms with Crippen LogP contribution in [0.1, 0.15) is 32.6 Å². The summed E-state index contributed by atoms with van der Waals surface area (Å²) < 4.78 is 29.3. The Balaban J connectivity index is 2.19. The van der Waals surface area contributed by atoms with E-state index in [2.05, 4.69) is 9.82 Å². The predicted octanol–water partition coefficient (Wildman–Crippen LogP) is 1.44. The molecule has 0 radical (unpaired) electrons. The summed E-state index contributed by atoms with van der Waals surface area (Å²) in [5, 5.41) is 4.33. The van der Waals surface area contributed by atoms with Crippen LogP contribution in [0.25, 0.3) is 0 Å². The van der Waals surface area contributed by atoms with E-state index < -0.39 is 10.0 Å². The molecule has 2 unspecified atom stereocenters. The van der Waals surface area contributed by atoms with Gasteiger partial charge in [-0.3, -0.25) is 4.68 Å². The van der Waals surface area contributed by atoms with Crippen molar-refractivity contribution in [2.45, 2.75) is 55.3 Å². The Morgan fingerprint density at radius 1 is 1.50 bits per heavy atom. The number of aryl methyl sites for hydroxylation is 1. The number of nitrogens with zero attached hydrogens (tertiary/aromatic N) is 2. The molecule has 1 aromatic rings. The van der Waals surface area contributed by atoms with Gasteiger partial charge in [-0.05, 0) is 26.0 Å². The molecular formula is C12H22N4O2S2. The summed E-state index contributed by atoms with van der Waals surface area (Å²) in [4.78, 5) is 0.0878. The van der Waals surface area contributed by atoms with Crippen molar-refractivity contribution in [1.29, 1.82) is 0 Å². The van der Waals surface area contributed by atoms with Crippen molar-refractivity contribution in [3.8, 4) is 0 Å². The van der Waals surface area contributed by atoms with Crippen LogP contribution in [0, 0.1) is 0 Å². The number of sulfonamides is 1. The summed E-state index contributed by atoms with van der Waals surface area (Å²) in [7, 11) is -3.59. The van der Waals surface area contributed by atoms with Gasteiger partial charge in [0.1, 0.15) is 4.90 Å². The molecule has 1 aliphatic rings. The average molecular weight is 318 g/mol. The lowest BCUT2D eigenvalue weighted by Crippen LogP contribution is -2.43. The fourth-order valence-electron chi connectivity index (χ4n) is 2.56. The smallest absolute Gasteiger partial charge is 0.246 e. The highest BCUT2D eigenvalue weighted by molar-refractivity contribution is 7.99. The lowest BCUT2D eigenvalue weighted by atomic mass is 9.96. The standard InChI is InChI=1S/C12H22N4O2S2/c1-3-16-8-11(12(13)14-16)20(17,18)15-9-6-4-5-7-10(9)19-2/h8-10,15H,3-7H2,1-2H3,(H2,13,14). The highest BCUT2D eigenvalue weighted by atomic mass is 32.2. The number of aromatic nitrogens is 2. The summed E-state index contributed by atoms with van der Waals surface area (Å²) in [6, 6.07) is -0.0203. The molecule has 6 nitrogen and oxygen atoms in total. The summed E-state index contributed by atoms with van der Waals surface area (Å²) in [5.41, 5.74) is 5.72. The maximum atomic E-state index is 12.5. The van der Waals surface area contributed by atoms with E-state index in [0.717, 1.165) is 19.3 Å². The van der Waals surface area contributed by atoms with Gasteiger partial charge in [0.2, 0.25) is 10.0 Å². The Hall–Kier alpha value is -0.730. The first-order chi connectivity index (χ1) is 9.47. The molecule has 1 aromatic heterocycles. The van der Waals surface area contributed by atoms with Crippen LogP contribution < -0.4 is 10.5 Å². The average Bonchev–Trinajstić information content (AvgIpc) is 2.81. The zero-order chi connectivity index (χ0) is 14.8. The first-order valence-corrected chi connectivity index (χ1v) is 9.63. The lowest BCUT2D eigenvalue weighted by Gasteiger charge is -2.30. The monoisotopic (exact) mass is 318 g/mol. The van der Waals surface area contributed by atoms with Crippen molar-refractivity contribution in [2.24, 2.45) is 0 Å². The number of hydrogen-bond acceptors (Lipinski definition) is 5. The molecule has 1 saturated carbocycles. The van der Waals surface area contributed by atoms with Crippen LogP contribution in [-0.2, 0) is 16.6 Å². The van der Waals surface area contributed by atoms with E-state index >= 15 is 0 Å². The second-order valence-corrected chi connectivity index (χ2v) is 7.78. The highest BCUT2D eigenvalue weighted by Gasteiger charge is 2.30. The normalized spacial score (nSPS) is 23.9. The topological polar surface area (TPSA) is 90.0 Å². The quantitative estimate of drug-likeness (QED) is 0.857. The van der Waals surface area contributed by atoms with Gasteiger partial charge in [0, 0.05) is 24.0 Å². The molecule has 0 saturated heterocycles. The number of nitrogen functional groups attached to an aromatic ring is 1. The molecule has 1 fully saturated rings. The van der Waals surface area contributed by atoms with E-state index in [4.69, 9.17) is 5.73 Å². The molecular weight excluding hydrogens is 296 g/mol. The third-order valence-corrected chi connectivity index (χ3v) is 6.36. The minimum absolute atomic E-state index is 0.0203.